The number of rotatable bonds is 16. The average Bonchev–Trinajstić information content (AvgIpc) is 3.45. The third-order valence-corrected chi connectivity index (χ3v) is 7.81. The molecule has 220 valence electrons. The highest BCUT2D eigenvalue weighted by molar-refractivity contribution is 7.09. The minimum absolute atomic E-state index is 0.0500. The second-order valence-electron chi connectivity index (χ2n) is 10.4. The van der Waals surface area contributed by atoms with Gasteiger partial charge in [-0.15, -0.1) is 11.3 Å². The first-order chi connectivity index (χ1) is 20.4. The molecule has 0 unspecified atom stereocenters. The summed E-state index contributed by atoms with van der Waals surface area (Å²) in [4.78, 5) is 30.2. The summed E-state index contributed by atoms with van der Waals surface area (Å²) < 4.78 is 6.04. The largest absolute Gasteiger partial charge is 0.489 e. The standard InChI is InChI=1S/C34H39N3O4S/c1-3-8-26(9-4-2)27-16-18-30(19-17-27)41-23-25-12-14-28(15-13-25)31-24-42-33(36-31)21-37(22-34(39)40)20-32(38)35-29-10-6-5-7-11-29/h5-7,10-19,24,26H,3-4,8-9,20-23H2,1-2H3,(H,35,38)(H,39,40). The molecule has 0 saturated heterocycles. The molecule has 0 fully saturated rings. The van der Waals surface area contributed by atoms with Crippen LogP contribution in [-0.2, 0) is 22.7 Å². The van der Waals surface area contributed by atoms with Crippen molar-refractivity contribution in [3.05, 3.63) is 100 Å². The predicted octanol–water partition coefficient (Wildman–Crippen LogP) is 7.60. The molecular formula is C34H39N3O4S. The van der Waals surface area contributed by atoms with Crippen molar-refractivity contribution in [1.82, 2.24) is 9.88 Å². The molecule has 0 atom stereocenters. The molecule has 1 amide bonds. The van der Waals surface area contributed by atoms with Crippen molar-refractivity contribution < 1.29 is 19.4 Å². The van der Waals surface area contributed by atoms with E-state index in [4.69, 9.17) is 9.72 Å². The van der Waals surface area contributed by atoms with Crippen LogP contribution >= 0.6 is 11.3 Å². The highest BCUT2D eigenvalue weighted by atomic mass is 32.1. The number of carboxylic acids is 1. The van der Waals surface area contributed by atoms with E-state index in [-0.39, 0.29) is 25.5 Å². The lowest BCUT2D eigenvalue weighted by Crippen LogP contribution is -2.36. The SMILES string of the molecule is CCCC(CCC)c1ccc(OCc2ccc(-c3csc(CN(CC(=O)O)CC(=O)Nc4ccccc4)n3)cc2)cc1. The van der Waals surface area contributed by atoms with Gasteiger partial charge in [0.2, 0.25) is 5.91 Å². The van der Waals surface area contributed by atoms with Crippen molar-refractivity contribution in [2.24, 2.45) is 0 Å². The van der Waals surface area contributed by atoms with Gasteiger partial charge in [0.1, 0.15) is 17.4 Å². The normalized spacial score (nSPS) is 11.1. The Labute approximate surface area is 252 Å². The Morgan fingerprint density at radius 2 is 1.62 bits per heavy atom. The average molecular weight is 586 g/mol. The summed E-state index contributed by atoms with van der Waals surface area (Å²) in [6.45, 7) is 4.92. The van der Waals surface area contributed by atoms with Crippen LogP contribution in [0.25, 0.3) is 11.3 Å². The number of carboxylic acid groups (broad SMARTS) is 1. The number of thiazole rings is 1. The fourth-order valence-corrected chi connectivity index (χ4v) is 5.79. The molecule has 1 aromatic heterocycles. The molecule has 0 bridgehead atoms. The van der Waals surface area contributed by atoms with Gasteiger partial charge in [-0.25, -0.2) is 4.98 Å². The first kappa shape index (κ1) is 30.9. The zero-order chi connectivity index (χ0) is 29.7. The summed E-state index contributed by atoms with van der Waals surface area (Å²) in [6.07, 6.45) is 4.82. The van der Waals surface area contributed by atoms with E-state index in [1.54, 1.807) is 17.0 Å². The number of benzene rings is 3. The lowest BCUT2D eigenvalue weighted by molar-refractivity contribution is -0.138. The van der Waals surface area contributed by atoms with Crippen LogP contribution in [0.5, 0.6) is 5.75 Å². The van der Waals surface area contributed by atoms with Crippen molar-refractivity contribution in [3.63, 3.8) is 0 Å². The number of aromatic nitrogens is 1. The van der Waals surface area contributed by atoms with Gasteiger partial charge < -0.3 is 15.2 Å². The number of para-hydroxylation sites is 1. The van der Waals surface area contributed by atoms with Crippen LogP contribution in [0, 0.1) is 0 Å². The van der Waals surface area contributed by atoms with E-state index >= 15 is 0 Å². The third-order valence-electron chi connectivity index (χ3n) is 6.98. The van der Waals surface area contributed by atoms with Crippen LogP contribution in [0.15, 0.2) is 84.2 Å². The van der Waals surface area contributed by atoms with Gasteiger partial charge in [0.25, 0.3) is 0 Å². The van der Waals surface area contributed by atoms with Gasteiger partial charge >= 0.3 is 5.97 Å². The van der Waals surface area contributed by atoms with Crippen molar-refractivity contribution in [2.45, 2.75) is 58.6 Å². The maximum atomic E-state index is 12.5. The first-order valence-electron chi connectivity index (χ1n) is 14.5. The highest BCUT2D eigenvalue weighted by Crippen LogP contribution is 2.28. The molecule has 0 saturated carbocycles. The Kier molecular flexibility index (Phi) is 11.7. The summed E-state index contributed by atoms with van der Waals surface area (Å²) in [5.74, 6) is 0.213. The van der Waals surface area contributed by atoms with Crippen LogP contribution in [0.4, 0.5) is 5.69 Å². The summed E-state index contributed by atoms with van der Waals surface area (Å²) in [5.41, 5.74) is 4.90. The van der Waals surface area contributed by atoms with Crippen LogP contribution in [0.2, 0.25) is 0 Å². The second kappa shape index (κ2) is 15.8. The molecule has 1 heterocycles. The molecule has 2 N–H and O–H groups in total. The number of amides is 1. The fraction of sp³-hybridized carbons (Fsp3) is 0.324. The quantitative estimate of drug-likeness (QED) is 0.141. The lowest BCUT2D eigenvalue weighted by atomic mass is 9.90. The smallest absolute Gasteiger partial charge is 0.317 e. The molecule has 0 aliphatic heterocycles. The molecule has 7 nitrogen and oxygen atoms in total. The minimum atomic E-state index is -0.995. The molecule has 0 aliphatic rings. The van der Waals surface area contributed by atoms with E-state index in [0.29, 0.717) is 18.2 Å². The maximum absolute atomic E-state index is 12.5. The van der Waals surface area contributed by atoms with Crippen molar-refractivity contribution in [2.75, 3.05) is 18.4 Å². The monoisotopic (exact) mass is 585 g/mol. The number of hydrogen-bond acceptors (Lipinski definition) is 6. The Balaban J connectivity index is 1.31. The molecule has 0 aliphatic carbocycles. The summed E-state index contributed by atoms with van der Waals surface area (Å²) >= 11 is 1.45. The fourth-order valence-electron chi connectivity index (χ4n) is 4.94. The van der Waals surface area contributed by atoms with E-state index in [9.17, 15) is 14.7 Å². The van der Waals surface area contributed by atoms with Gasteiger partial charge in [-0.05, 0) is 54.2 Å². The van der Waals surface area contributed by atoms with E-state index in [1.165, 1.54) is 42.6 Å². The summed E-state index contributed by atoms with van der Waals surface area (Å²) in [6, 6.07) is 25.7. The number of hydrogen-bond donors (Lipinski definition) is 2. The number of carbonyl (C=O) groups excluding carboxylic acids is 1. The summed E-state index contributed by atoms with van der Waals surface area (Å²) in [5, 5.41) is 14.9. The zero-order valence-electron chi connectivity index (χ0n) is 24.3. The van der Waals surface area contributed by atoms with Crippen molar-refractivity contribution >= 4 is 28.9 Å². The number of carbonyl (C=O) groups is 2. The minimum Gasteiger partial charge on any atom is -0.489 e. The second-order valence-corrected chi connectivity index (χ2v) is 11.4. The van der Waals surface area contributed by atoms with Crippen LogP contribution in [0.1, 0.15) is 61.6 Å². The Bertz CT molecular complexity index is 1400. The zero-order valence-corrected chi connectivity index (χ0v) is 25.1. The van der Waals surface area contributed by atoms with Gasteiger partial charge in [-0.3, -0.25) is 14.5 Å². The molecule has 8 heteroatoms. The molecule has 0 spiro atoms. The molecule has 4 aromatic rings. The van der Waals surface area contributed by atoms with Gasteiger partial charge in [0.05, 0.1) is 25.3 Å². The number of anilines is 1. The number of nitrogens with one attached hydrogen (secondary N) is 1. The molecule has 0 radical (unpaired) electrons. The number of aliphatic carboxylic acids is 1. The first-order valence-corrected chi connectivity index (χ1v) is 15.4. The molecule has 4 rings (SSSR count). The number of nitrogens with zero attached hydrogens (tertiary/aromatic N) is 2. The summed E-state index contributed by atoms with van der Waals surface area (Å²) in [7, 11) is 0. The van der Waals surface area contributed by atoms with Crippen LogP contribution in [-0.4, -0.2) is 40.0 Å². The Hall–Kier alpha value is -4.01. The van der Waals surface area contributed by atoms with Gasteiger partial charge in [-0.1, -0.05) is 81.3 Å². The van der Waals surface area contributed by atoms with Gasteiger partial charge in [-0.2, -0.15) is 0 Å². The molecular weight excluding hydrogens is 546 g/mol. The van der Waals surface area contributed by atoms with Crippen molar-refractivity contribution in [1.29, 1.82) is 0 Å². The van der Waals surface area contributed by atoms with E-state index in [1.807, 2.05) is 47.8 Å². The van der Waals surface area contributed by atoms with E-state index < -0.39 is 5.97 Å². The highest BCUT2D eigenvalue weighted by Gasteiger charge is 2.17. The van der Waals surface area contributed by atoms with Gasteiger partial charge in [0.15, 0.2) is 0 Å². The lowest BCUT2D eigenvalue weighted by Gasteiger charge is -2.18. The predicted molar refractivity (Wildman–Crippen MR) is 169 cm³/mol. The number of ether oxygens (including phenoxy) is 1. The topological polar surface area (TPSA) is 91.8 Å². The Morgan fingerprint density at radius 3 is 2.26 bits per heavy atom. The van der Waals surface area contributed by atoms with E-state index in [0.717, 1.165) is 27.6 Å². The third kappa shape index (κ3) is 9.53. The van der Waals surface area contributed by atoms with Crippen molar-refractivity contribution in [3.8, 4) is 17.0 Å². The molecule has 3 aromatic carbocycles. The Morgan fingerprint density at radius 1 is 0.929 bits per heavy atom. The van der Waals surface area contributed by atoms with Crippen LogP contribution < -0.4 is 10.1 Å². The maximum Gasteiger partial charge on any atom is 0.317 e. The van der Waals surface area contributed by atoms with Crippen LogP contribution in [0.3, 0.4) is 0 Å². The van der Waals surface area contributed by atoms with Gasteiger partial charge in [0, 0.05) is 16.6 Å². The molecule has 42 heavy (non-hydrogen) atoms. The van der Waals surface area contributed by atoms with E-state index in [2.05, 4.69) is 43.4 Å².